The van der Waals surface area contributed by atoms with Crippen molar-refractivity contribution in [3.8, 4) is 0 Å². The van der Waals surface area contributed by atoms with E-state index >= 15 is 0 Å². The number of hydrazine groups is 1. The van der Waals surface area contributed by atoms with Crippen molar-refractivity contribution >= 4 is 34.4 Å². The summed E-state index contributed by atoms with van der Waals surface area (Å²) in [5.41, 5.74) is 5.73. The zero-order valence-corrected chi connectivity index (χ0v) is 12.3. The molecule has 0 atom stereocenters. The van der Waals surface area contributed by atoms with Crippen molar-refractivity contribution in [1.82, 2.24) is 15.4 Å². The summed E-state index contributed by atoms with van der Waals surface area (Å²) in [4.78, 5) is 23.5. The topological polar surface area (TPSA) is 63.1 Å². The molecule has 2 aromatic rings. The minimum Gasteiger partial charge on any atom is -0.347 e. The molecule has 19 heavy (non-hydrogen) atoms. The van der Waals surface area contributed by atoms with Crippen LogP contribution in [-0.2, 0) is 7.05 Å². The Morgan fingerprint density at radius 2 is 1.68 bits per heavy atom. The molecule has 0 unspecified atom stereocenters. The largest absolute Gasteiger partial charge is 0.347 e. The number of nitrogens with zero attached hydrogens (tertiary/aromatic N) is 1. The van der Waals surface area contributed by atoms with Crippen molar-refractivity contribution in [2.75, 3.05) is 0 Å². The molecule has 0 aliphatic rings. The number of halogens is 1. The number of hydrogen-bond donors (Lipinski definition) is 2. The molecule has 1 aromatic heterocycles. The van der Waals surface area contributed by atoms with Crippen molar-refractivity contribution in [2.24, 2.45) is 7.05 Å². The van der Waals surface area contributed by atoms with Gasteiger partial charge in [0.1, 0.15) is 5.69 Å². The highest BCUT2D eigenvalue weighted by atomic mass is 127. The van der Waals surface area contributed by atoms with Gasteiger partial charge in [-0.15, -0.1) is 0 Å². The second-order valence-corrected chi connectivity index (χ2v) is 5.17. The lowest BCUT2D eigenvalue weighted by Gasteiger charge is -2.08. The molecule has 0 aliphatic heterocycles. The molecule has 0 radical (unpaired) electrons. The summed E-state index contributed by atoms with van der Waals surface area (Å²) in [5, 5.41) is 0. The molecule has 0 spiro atoms. The number of amides is 2. The molecule has 1 aromatic carbocycles. The number of rotatable bonds is 2. The minimum atomic E-state index is -0.355. The number of carbonyl (C=O) groups is 2. The molecule has 0 saturated heterocycles. The first-order valence-corrected chi connectivity index (χ1v) is 6.63. The van der Waals surface area contributed by atoms with E-state index in [1.165, 1.54) is 0 Å². The predicted molar refractivity (Wildman–Crippen MR) is 79.5 cm³/mol. The Kier molecular flexibility index (Phi) is 4.20. The Labute approximate surface area is 124 Å². The highest BCUT2D eigenvalue weighted by molar-refractivity contribution is 14.1. The van der Waals surface area contributed by atoms with Crippen molar-refractivity contribution in [1.29, 1.82) is 0 Å². The van der Waals surface area contributed by atoms with E-state index in [2.05, 4.69) is 33.4 Å². The summed E-state index contributed by atoms with van der Waals surface area (Å²) in [6.07, 6.45) is 1.76. The molecule has 2 rings (SSSR count). The summed E-state index contributed by atoms with van der Waals surface area (Å²) >= 11 is 2.16. The first-order chi connectivity index (χ1) is 9.08. The summed E-state index contributed by atoms with van der Waals surface area (Å²) in [7, 11) is 1.76. The van der Waals surface area contributed by atoms with Crippen LogP contribution in [0.2, 0.25) is 0 Å². The van der Waals surface area contributed by atoms with Gasteiger partial charge in [0.15, 0.2) is 0 Å². The average molecular weight is 369 g/mol. The maximum absolute atomic E-state index is 11.8. The molecule has 0 saturated carbocycles. The smallest absolute Gasteiger partial charge is 0.286 e. The van der Waals surface area contributed by atoms with Gasteiger partial charge in [0, 0.05) is 22.4 Å². The summed E-state index contributed by atoms with van der Waals surface area (Å²) in [6.45, 7) is 0. The normalized spacial score (nSPS) is 10.0. The Bertz CT molecular complexity index is 605. The molecule has 0 bridgehead atoms. The van der Waals surface area contributed by atoms with E-state index in [4.69, 9.17) is 0 Å². The third-order valence-corrected chi connectivity index (χ3v) is 3.29. The van der Waals surface area contributed by atoms with Gasteiger partial charge in [0.05, 0.1) is 0 Å². The Morgan fingerprint density at radius 3 is 2.26 bits per heavy atom. The van der Waals surface area contributed by atoms with E-state index in [1.807, 2.05) is 12.1 Å². The van der Waals surface area contributed by atoms with Crippen molar-refractivity contribution in [3.05, 3.63) is 57.4 Å². The van der Waals surface area contributed by atoms with Gasteiger partial charge in [-0.3, -0.25) is 20.4 Å². The summed E-state index contributed by atoms with van der Waals surface area (Å²) in [6, 6.07) is 10.5. The van der Waals surface area contributed by atoms with E-state index in [1.54, 1.807) is 42.1 Å². The van der Waals surface area contributed by atoms with Gasteiger partial charge >= 0.3 is 0 Å². The van der Waals surface area contributed by atoms with Crippen LogP contribution in [0.4, 0.5) is 0 Å². The quantitative estimate of drug-likeness (QED) is 0.626. The maximum Gasteiger partial charge on any atom is 0.286 e. The van der Waals surface area contributed by atoms with Gasteiger partial charge in [0.25, 0.3) is 11.8 Å². The number of benzene rings is 1. The van der Waals surface area contributed by atoms with Crippen molar-refractivity contribution < 1.29 is 9.59 Å². The van der Waals surface area contributed by atoms with E-state index in [-0.39, 0.29) is 11.8 Å². The zero-order valence-electron chi connectivity index (χ0n) is 10.2. The molecular weight excluding hydrogens is 357 g/mol. The van der Waals surface area contributed by atoms with Gasteiger partial charge in [0.2, 0.25) is 0 Å². The van der Waals surface area contributed by atoms with Gasteiger partial charge < -0.3 is 4.57 Å². The fourth-order valence-corrected chi connectivity index (χ4v) is 1.91. The second kappa shape index (κ2) is 5.87. The van der Waals surface area contributed by atoms with E-state index < -0.39 is 0 Å². The molecule has 5 nitrogen and oxygen atoms in total. The molecule has 98 valence electrons. The number of aromatic nitrogens is 1. The fourth-order valence-electron chi connectivity index (χ4n) is 1.55. The fraction of sp³-hybridized carbons (Fsp3) is 0.0769. The first-order valence-electron chi connectivity index (χ1n) is 5.55. The van der Waals surface area contributed by atoms with E-state index in [9.17, 15) is 9.59 Å². The third kappa shape index (κ3) is 3.34. The lowest BCUT2D eigenvalue weighted by Crippen LogP contribution is -2.42. The van der Waals surface area contributed by atoms with Gasteiger partial charge in [-0.05, 0) is 59.0 Å². The van der Waals surface area contributed by atoms with E-state index in [0.29, 0.717) is 11.3 Å². The standard InChI is InChI=1S/C13H12IN3O2/c1-17-8-2-3-11(17)13(19)16-15-12(18)9-4-6-10(14)7-5-9/h2-8H,1H3,(H,15,18)(H,16,19). The Balaban J connectivity index is 1.96. The van der Waals surface area contributed by atoms with Crippen LogP contribution < -0.4 is 10.9 Å². The van der Waals surface area contributed by atoms with Crippen LogP contribution in [-0.4, -0.2) is 16.4 Å². The van der Waals surface area contributed by atoms with E-state index in [0.717, 1.165) is 3.57 Å². The number of nitrogens with one attached hydrogen (secondary N) is 2. The number of hydrogen-bond acceptors (Lipinski definition) is 2. The van der Waals surface area contributed by atoms with Gasteiger partial charge in [-0.25, -0.2) is 0 Å². The third-order valence-electron chi connectivity index (χ3n) is 2.57. The molecule has 2 amide bonds. The van der Waals surface area contributed by atoms with Crippen LogP contribution in [0.15, 0.2) is 42.6 Å². The first kappa shape index (κ1) is 13.6. The SMILES string of the molecule is Cn1cccc1C(=O)NNC(=O)c1ccc(I)cc1. The number of carbonyl (C=O) groups excluding carboxylic acids is 2. The van der Waals surface area contributed by atoms with Crippen LogP contribution >= 0.6 is 22.6 Å². The molecular formula is C13H12IN3O2. The lowest BCUT2D eigenvalue weighted by atomic mass is 10.2. The van der Waals surface area contributed by atoms with Crippen molar-refractivity contribution in [2.45, 2.75) is 0 Å². The summed E-state index contributed by atoms with van der Waals surface area (Å²) < 4.78 is 2.72. The van der Waals surface area contributed by atoms with Crippen LogP contribution in [0.25, 0.3) is 0 Å². The predicted octanol–water partition coefficient (Wildman–Crippen LogP) is 1.70. The Hall–Kier alpha value is -1.83. The highest BCUT2D eigenvalue weighted by Gasteiger charge is 2.10. The second-order valence-electron chi connectivity index (χ2n) is 3.92. The lowest BCUT2D eigenvalue weighted by molar-refractivity contribution is 0.0842. The van der Waals surface area contributed by atoms with Gasteiger partial charge in [-0.1, -0.05) is 0 Å². The molecule has 6 heteroatoms. The molecule has 1 heterocycles. The Morgan fingerprint density at radius 1 is 1.05 bits per heavy atom. The molecule has 0 fully saturated rings. The minimum absolute atomic E-state index is 0.348. The van der Waals surface area contributed by atoms with Crippen LogP contribution in [0, 0.1) is 3.57 Å². The van der Waals surface area contributed by atoms with Crippen LogP contribution in [0.3, 0.4) is 0 Å². The van der Waals surface area contributed by atoms with Gasteiger partial charge in [-0.2, -0.15) is 0 Å². The monoisotopic (exact) mass is 369 g/mol. The molecule has 2 N–H and O–H groups in total. The average Bonchev–Trinajstić information content (AvgIpc) is 2.83. The maximum atomic E-state index is 11.8. The highest BCUT2D eigenvalue weighted by Crippen LogP contribution is 2.06. The number of aryl methyl sites for hydroxylation is 1. The summed E-state index contributed by atoms with van der Waals surface area (Å²) in [5.74, 6) is -0.703. The van der Waals surface area contributed by atoms with Crippen LogP contribution in [0.5, 0.6) is 0 Å². The van der Waals surface area contributed by atoms with Crippen molar-refractivity contribution in [3.63, 3.8) is 0 Å². The zero-order chi connectivity index (χ0) is 13.8. The van der Waals surface area contributed by atoms with Crippen LogP contribution in [0.1, 0.15) is 20.8 Å². The molecule has 0 aliphatic carbocycles.